The van der Waals surface area contributed by atoms with Crippen LogP contribution < -0.4 is 4.74 Å². The number of pyridine rings is 1. The normalized spacial score (nSPS) is 11.4. The van der Waals surface area contributed by atoms with E-state index in [1.54, 1.807) is 12.3 Å². The summed E-state index contributed by atoms with van der Waals surface area (Å²) >= 11 is 0. The summed E-state index contributed by atoms with van der Waals surface area (Å²) in [6, 6.07) is 3.07. The van der Waals surface area contributed by atoms with E-state index < -0.39 is 6.55 Å². The summed E-state index contributed by atoms with van der Waals surface area (Å²) in [6.45, 7) is 1.53. The molecular weight excluding hydrogens is 330 g/mol. The first kappa shape index (κ1) is 17.1. The number of hydrogen-bond acceptors (Lipinski definition) is 4. The maximum absolute atomic E-state index is 12.6. The van der Waals surface area contributed by atoms with Crippen LogP contribution in [0.5, 0.6) is 5.75 Å². The highest BCUT2D eigenvalue weighted by Crippen LogP contribution is 2.23. The van der Waals surface area contributed by atoms with Crippen LogP contribution >= 0.6 is 0 Å². The van der Waals surface area contributed by atoms with Gasteiger partial charge in [0.2, 0.25) is 0 Å². The summed E-state index contributed by atoms with van der Waals surface area (Å²) < 4.78 is 33.1. The topological polar surface area (TPSA) is 61.4 Å². The van der Waals surface area contributed by atoms with Crippen LogP contribution in [0, 0.1) is 0 Å². The van der Waals surface area contributed by atoms with Crippen LogP contribution in [0.1, 0.15) is 42.1 Å². The lowest BCUT2D eigenvalue weighted by atomic mass is 10.1. The zero-order chi connectivity index (χ0) is 18.0. The van der Waals surface area contributed by atoms with Crippen molar-refractivity contribution < 1.29 is 18.3 Å². The number of rotatable bonds is 7. The average molecular weight is 348 g/mol. The number of nitrogens with zero attached hydrogens (tertiary/aromatic N) is 4. The van der Waals surface area contributed by atoms with E-state index in [0.29, 0.717) is 22.6 Å². The third kappa shape index (κ3) is 3.52. The Balaban J connectivity index is 1.92. The summed E-state index contributed by atoms with van der Waals surface area (Å²) in [5.74, 6) is 0.209. The summed E-state index contributed by atoms with van der Waals surface area (Å²) in [5.41, 5.74) is 2.33. The summed E-state index contributed by atoms with van der Waals surface area (Å²) in [6.07, 6.45) is 5.57. The summed E-state index contributed by atoms with van der Waals surface area (Å²) in [4.78, 5) is 16.9. The molecule has 0 amide bonds. The Morgan fingerprint density at radius 1 is 1.32 bits per heavy atom. The molecule has 0 aliphatic carbocycles. The molecule has 0 aliphatic heterocycles. The predicted molar refractivity (Wildman–Crippen MR) is 87.3 cm³/mol. The fourth-order valence-corrected chi connectivity index (χ4v) is 2.56. The molecule has 0 spiro atoms. The van der Waals surface area contributed by atoms with Crippen LogP contribution in [0.25, 0.3) is 5.65 Å². The second kappa shape index (κ2) is 7.00. The Kier molecular flexibility index (Phi) is 4.78. The lowest BCUT2D eigenvalue weighted by Gasteiger charge is -2.10. The highest BCUT2D eigenvalue weighted by atomic mass is 19.3. The van der Waals surface area contributed by atoms with E-state index >= 15 is 0 Å². The molecule has 0 radical (unpaired) electrons. The number of halogens is 2. The van der Waals surface area contributed by atoms with Crippen LogP contribution in [0.2, 0.25) is 0 Å². The maximum atomic E-state index is 12.6. The minimum atomic E-state index is -2.77. The van der Waals surface area contributed by atoms with Crippen molar-refractivity contribution in [1.82, 2.24) is 19.2 Å². The lowest BCUT2D eigenvalue weighted by Crippen LogP contribution is -2.09. The first-order valence-corrected chi connectivity index (χ1v) is 8.01. The number of aryl methyl sites for hydroxylation is 1. The number of imidazole rings is 1. The van der Waals surface area contributed by atoms with Gasteiger partial charge in [0.15, 0.2) is 5.78 Å². The number of alkyl halides is 2. The molecule has 6 nitrogen and oxygen atoms in total. The Morgan fingerprint density at radius 2 is 2.12 bits per heavy atom. The van der Waals surface area contributed by atoms with E-state index in [9.17, 15) is 13.6 Å². The van der Waals surface area contributed by atoms with Crippen LogP contribution in [-0.2, 0) is 12.8 Å². The van der Waals surface area contributed by atoms with Gasteiger partial charge in [0.05, 0.1) is 12.3 Å². The molecule has 3 heterocycles. The van der Waals surface area contributed by atoms with Gasteiger partial charge in [-0.25, -0.2) is 9.67 Å². The number of aromatic nitrogens is 4. The Morgan fingerprint density at radius 3 is 2.76 bits per heavy atom. The number of ether oxygens (including phenoxy) is 1. The van der Waals surface area contributed by atoms with E-state index in [-0.39, 0.29) is 17.9 Å². The van der Waals surface area contributed by atoms with E-state index in [1.807, 2.05) is 24.4 Å². The molecule has 132 valence electrons. The average Bonchev–Trinajstić information content (AvgIpc) is 3.21. The molecule has 0 saturated heterocycles. The molecule has 3 rings (SSSR count). The fraction of sp³-hybridized carbons (Fsp3) is 0.353. The predicted octanol–water partition coefficient (Wildman–Crippen LogP) is 3.31. The molecule has 0 saturated carbocycles. The number of fused-ring (bicyclic) bond motifs is 1. The highest BCUT2D eigenvalue weighted by Gasteiger charge is 2.17. The smallest absolute Gasteiger partial charge is 0.333 e. The molecule has 0 bridgehead atoms. The third-order valence-electron chi connectivity index (χ3n) is 3.79. The second-order valence-electron chi connectivity index (χ2n) is 5.51. The zero-order valence-corrected chi connectivity index (χ0v) is 13.9. The van der Waals surface area contributed by atoms with Gasteiger partial charge in [0.25, 0.3) is 0 Å². The van der Waals surface area contributed by atoms with Gasteiger partial charge in [-0.15, -0.1) is 0 Å². The van der Waals surface area contributed by atoms with Crippen molar-refractivity contribution in [1.29, 1.82) is 0 Å². The minimum absolute atomic E-state index is 0.00252. The second-order valence-corrected chi connectivity index (χ2v) is 5.51. The Labute approximate surface area is 143 Å². The van der Waals surface area contributed by atoms with Crippen LogP contribution in [0.4, 0.5) is 8.78 Å². The largest absolute Gasteiger partial charge is 0.493 e. The number of ketones is 1. The number of Topliss-reactive ketones (excluding diaryl/α,β-unsaturated/α-hetero) is 1. The number of carbonyl (C=O) groups is 1. The molecule has 0 fully saturated rings. The van der Waals surface area contributed by atoms with Crippen LogP contribution in [0.15, 0.2) is 30.7 Å². The van der Waals surface area contributed by atoms with Gasteiger partial charge in [-0.2, -0.15) is 13.9 Å². The van der Waals surface area contributed by atoms with Crippen molar-refractivity contribution in [2.24, 2.45) is 0 Å². The first-order valence-electron chi connectivity index (χ1n) is 8.01. The fourth-order valence-electron chi connectivity index (χ4n) is 2.56. The van der Waals surface area contributed by atoms with Crippen molar-refractivity contribution in [2.75, 3.05) is 6.61 Å². The third-order valence-corrected chi connectivity index (χ3v) is 3.79. The van der Waals surface area contributed by atoms with Gasteiger partial charge in [-0.1, -0.05) is 6.92 Å². The van der Waals surface area contributed by atoms with Crippen LogP contribution in [0.3, 0.4) is 0 Å². The standard InChI is InChI=1S/C17H18F2N4O2/c1-3-12-10-22-9-11(15(25-4-2)8-16(22)20-12)7-14(24)13-5-6-23(21-13)17(18)19/h5-6,8-10,17H,3-4,7H2,1-2H3. The summed E-state index contributed by atoms with van der Waals surface area (Å²) in [7, 11) is 0. The van der Waals surface area contributed by atoms with Crippen molar-refractivity contribution in [3.63, 3.8) is 0 Å². The van der Waals surface area contributed by atoms with Crippen molar-refractivity contribution in [2.45, 2.75) is 33.2 Å². The molecule has 0 unspecified atom stereocenters. The molecule has 0 N–H and O–H groups in total. The molecule has 0 aromatic carbocycles. The van der Waals surface area contributed by atoms with Crippen molar-refractivity contribution >= 4 is 11.4 Å². The SMILES string of the molecule is CCOc1cc2nc(CC)cn2cc1CC(=O)c1ccn(C(F)F)n1. The Hall–Kier alpha value is -2.77. The van der Waals surface area contributed by atoms with Gasteiger partial charge in [-0.3, -0.25) is 4.79 Å². The molecule has 25 heavy (non-hydrogen) atoms. The van der Waals surface area contributed by atoms with E-state index in [1.165, 1.54) is 6.07 Å². The van der Waals surface area contributed by atoms with Crippen LogP contribution in [-0.4, -0.2) is 31.6 Å². The van der Waals surface area contributed by atoms with Gasteiger partial charge >= 0.3 is 6.55 Å². The zero-order valence-electron chi connectivity index (χ0n) is 13.9. The van der Waals surface area contributed by atoms with Gasteiger partial charge in [0, 0.05) is 36.6 Å². The monoisotopic (exact) mass is 348 g/mol. The molecule has 3 aromatic rings. The molecule has 8 heteroatoms. The van der Waals surface area contributed by atoms with E-state index in [0.717, 1.165) is 24.0 Å². The number of hydrogen-bond donors (Lipinski definition) is 0. The maximum Gasteiger partial charge on any atom is 0.333 e. The molecule has 0 aliphatic rings. The van der Waals surface area contributed by atoms with Gasteiger partial charge in [-0.05, 0) is 19.4 Å². The van der Waals surface area contributed by atoms with Gasteiger partial charge in [0.1, 0.15) is 17.1 Å². The van der Waals surface area contributed by atoms with E-state index in [2.05, 4.69) is 10.1 Å². The summed E-state index contributed by atoms with van der Waals surface area (Å²) in [5, 5.41) is 3.62. The van der Waals surface area contributed by atoms with Crippen molar-refractivity contribution in [3.8, 4) is 5.75 Å². The van der Waals surface area contributed by atoms with Crippen molar-refractivity contribution in [3.05, 3.63) is 47.7 Å². The number of carbonyl (C=O) groups excluding carboxylic acids is 1. The molecular formula is C17H18F2N4O2. The Bertz CT molecular complexity index is 901. The molecule has 0 atom stereocenters. The van der Waals surface area contributed by atoms with Gasteiger partial charge < -0.3 is 9.14 Å². The lowest BCUT2D eigenvalue weighted by molar-refractivity contribution is 0.0560. The highest BCUT2D eigenvalue weighted by molar-refractivity contribution is 5.96. The quantitative estimate of drug-likeness (QED) is 0.615. The minimum Gasteiger partial charge on any atom is -0.493 e. The van der Waals surface area contributed by atoms with E-state index in [4.69, 9.17) is 4.74 Å². The first-order chi connectivity index (χ1) is 12.0. The molecule has 3 aromatic heterocycles.